The number of aliphatic hydroxyl groups is 2. The summed E-state index contributed by atoms with van der Waals surface area (Å²) in [6.07, 6.45) is 9.07. The summed E-state index contributed by atoms with van der Waals surface area (Å²) in [5, 5.41) is 20.5. The third-order valence-corrected chi connectivity index (χ3v) is 5.32. The Bertz CT molecular complexity index is 439. The minimum atomic E-state index is -0.579. The zero-order chi connectivity index (χ0) is 16.3. The molecular weight excluding hydrogens is 274 g/mol. The van der Waals surface area contributed by atoms with Gasteiger partial charge in [0.2, 0.25) is 0 Å². The lowest BCUT2D eigenvalue weighted by molar-refractivity contribution is -0.0330. The number of allylic oxidation sites excluding steroid dienone is 2. The first-order chi connectivity index (χ1) is 10.3. The van der Waals surface area contributed by atoms with E-state index >= 15 is 0 Å². The Hall–Kier alpha value is -0.640. The highest BCUT2D eigenvalue weighted by molar-refractivity contribution is 5.18. The number of hydrogen-bond acceptors (Lipinski definition) is 3. The fourth-order valence-electron chi connectivity index (χ4n) is 4.03. The molecule has 2 N–H and O–H groups in total. The van der Waals surface area contributed by atoms with Crippen LogP contribution < -0.4 is 0 Å². The van der Waals surface area contributed by atoms with Crippen LogP contribution in [-0.2, 0) is 0 Å². The van der Waals surface area contributed by atoms with E-state index in [0.717, 1.165) is 44.3 Å². The van der Waals surface area contributed by atoms with Crippen LogP contribution >= 0.6 is 0 Å². The molecule has 0 aromatic heterocycles. The van der Waals surface area contributed by atoms with Crippen molar-refractivity contribution in [1.82, 2.24) is 4.90 Å². The zero-order valence-corrected chi connectivity index (χ0v) is 14.7. The van der Waals surface area contributed by atoms with Crippen LogP contribution in [0, 0.1) is 5.92 Å². The Morgan fingerprint density at radius 1 is 1.50 bits per heavy atom. The van der Waals surface area contributed by atoms with Crippen LogP contribution in [0.2, 0.25) is 0 Å². The Labute approximate surface area is 135 Å². The van der Waals surface area contributed by atoms with Gasteiger partial charge in [0.05, 0.1) is 11.7 Å². The highest BCUT2D eigenvalue weighted by Gasteiger charge is 2.43. The molecule has 126 valence electrons. The summed E-state index contributed by atoms with van der Waals surface area (Å²) in [6.45, 7) is 10.4. The number of nitrogens with zero attached hydrogens (tertiary/aromatic N) is 1. The quantitative estimate of drug-likeness (QED) is 0.766. The average Bonchev–Trinajstić information content (AvgIpc) is 2.92. The van der Waals surface area contributed by atoms with E-state index < -0.39 is 5.60 Å². The monoisotopic (exact) mass is 307 g/mol. The van der Waals surface area contributed by atoms with Crippen molar-refractivity contribution in [2.24, 2.45) is 5.92 Å². The molecule has 0 bridgehead atoms. The van der Waals surface area contributed by atoms with E-state index in [2.05, 4.69) is 24.0 Å². The fourth-order valence-corrected chi connectivity index (χ4v) is 4.03. The summed E-state index contributed by atoms with van der Waals surface area (Å²) in [7, 11) is 0. The van der Waals surface area contributed by atoms with E-state index in [0.29, 0.717) is 12.0 Å². The van der Waals surface area contributed by atoms with E-state index in [9.17, 15) is 10.2 Å². The molecule has 0 unspecified atom stereocenters. The molecule has 0 aromatic rings. The molecule has 3 heteroatoms. The van der Waals surface area contributed by atoms with Gasteiger partial charge >= 0.3 is 0 Å². The minimum Gasteiger partial charge on any atom is -0.389 e. The summed E-state index contributed by atoms with van der Waals surface area (Å²) in [6, 6.07) is 0.349. The number of fused-ring (bicyclic) bond motifs is 1. The van der Waals surface area contributed by atoms with Crippen LogP contribution in [0.1, 0.15) is 59.8 Å². The molecule has 0 radical (unpaired) electrons. The molecule has 2 heterocycles. The number of piperidine rings is 1. The molecule has 2 aliphatic rings. The predicted molar refractivity (Wildman–Crippen MR) is 91.8 cm³/mol. The highest BCUT2D eigenvalue weighted by atomic mass is 16.3. The second-order valence-electron chi connectivity index (χ2n) is 7.57. The molecule has 0 spiro atoms. The first-order valence-electron chi connectivity index (χ1n) is 8.84. The Morgan fingerprint density at radius 3 is 2.91 bits per heavy atom. The average molecular weight is 307 g/mol. The largest absolute Gasteiger partial charge is 0.389 e. The third-order valence-electron chi connectivity index (χ3n) is 5.32. The number of rotatable bonds is 5. The van der Waals surface area contributed by atoms with Crippen LogP contribution in [-0.4, -0.2) is 45.9 Å². The minimum absolute atomic E-state index is 0.305. The molecule has 3 nitrogen and oxygen atoms in total. The molecule has 0 aromatic carbocycles. The van der Waals surface area contributed by atoms with Crippen LogP contribution in [0.3, 0.4) is 0 Å². The van der Waals surface area contributed by atoms with Crippen LogP contribution in [0.5, 0.6) is 0 Å². The van der Waals surface area contributed by atoms with Crippen LogP contribution in [0.4, 0.5) is 0 Å². The van der Waals surface area contributed by atoms with Crippen molar-refractivity contribution in [3.8, 4) is 0 Å². The molecule has 2 aliphatic heterocycles. The van der Waals surface area contributed by atoms with Gasteiger partial charge in [-0.3, -0.25) is 4.90 Å². The van der Waals surface area contributed by atoms with E-state index in [1.165, 1.54) is 12.0 Å². The van der Waals surface area contributed by atoms with Crippen molar-refractivity contribution in [3.05, 3.63) is 23.3 Å². The van der Waals surface area contributed by atoms with Gasteiger partial charge in [0, 0.05) is 12.6 Å². The van der Waals surface area contributed by atoms with Crippen molar-refractivity contribution in [2.45, 2.75) is 77.5 Å². The molecule has 2 saturated heterocycles. The topological polar surface area (TPSA) is 43.7 Å². The predicted octanol–water partition coefficient (Wildman–Crippen LogP) is 3.28. The third kappa shape index (κ3) is 4.21. The summed E-state index contributed by atoms with van der Waals surface area (Å²) in [4.78, 5) is 2.45. The van der Waals surface area contributed by atoms with Gasteiger partial charge in [0.15, 0.2) is 0 Å². The van der Waals surface area contributed by atoms with Crippen molar-refractivity contribution in [3.63, 3.8) is 0 Å². The normalized spacial score (nSPS) is 34.7. The maximum Gasteiger partial charge on any atom is 0.0811 e. The molecule has 4 atom stereocenters. The molecule has 2 fully saturated rings. The lowest BCUT2D eigenvalue weighted by atomic mass is 9.82. The molecular formula is C19H33NO2. The molecule has 2 rings (SSSR count). The van der Waals surface area contributed by atoms with Gasteiger partial charge in [-0.05, 0) is 64.0 Å². The summed E-state index contributed by atoms with van der Waals surface area (Å²) >= 11 is 0. The van der Waals surface area contributed by atoms with Gasteiger partial charge in [0.1, 0.15) is 0 Å². The highest BCUT2D eigenvalue weighted by Crippen LogP contribution is 2.37. The smallest absolute Gasteiger partial charge is 0.0811 e. The fraction of sp³-hybridized carbons (Fsp3) is 0.789. The molecule has 22 heavy (non-hydrogen) atoms. The van der Waals surface area contributed by atoms with Crippen LogP contribution in [0.25, 0.3) is 0 Å². The maximum absolute atomic E-state index is 10.7. The first kappa shape index (κ1) is 17.7. The van der Waals surface area contributed by atoms with Crippen molar-refractivity contribution < 1.29 is 10.2 Å². The summed E-state index contributed by atoms with van der Waals surface area (Å²) in [5.41, 5.74) is 1.87. The van der Waals surface area contributed by atoms with Gasteiger partial charge in [-0.2, -0.15) is 0 Å². The standard InChI is InChI=1S/C19H33NO2/c1-5-17(21)15(3)9-8-14(2)11-16-12-19(4,22)18-7-6-10-20(18)13-16/h9,11,14,17-18,21-22H,5-8,10,12-13H2,1-4H3/b15-9-,16-11-/t14-,17-,18+,19+/m1/s1. The van der Waals surface area contributed by atoms with Gasteiger partial charge in [0.25, 0.3) is 0 Å². The second-order valence-corrected chi connectivity index (χ2v) is 7.57. The second kappa shape index (κ2) is 7.29. The number of aliphatic hydroxyl groups excluding tert-OH is 1. The Balaban J connectivity index is 1.97. The summed E-state index contributed by atoms with van der Waals surface area (Å²) < 4.78 is 0. The molecule has 0 amide bonds. The zero-order valence-electron chi connectivity index (χ0n) is 14.7. The first-order valence-corrected chi connectivity index (χ1v) is 8.84. The lowest BCUT2D eigenvalue weighted by Gasteiger charge is -2.43. The van der Waals surface area contributed by atoms with E-state index in [4.69, 9.17) is 0 Å². The van der Waals surface area contributed by atoms with Crippen molar-refractivity contribution >= 4 is 0 Å². The molecule has 0 saturated carbocycles. The molecule has 0 aliphatic carbocycles. The Morgan fingerprint density at radius 2 is 2.23 bits per heavy atom. The maximum atomic E-state index is 10.7. The Kier molecular flexibility index (Phi) is 5.87. The van der Waals surface area contributed by atoms with Crippen molar-refractivity contribution in [2.75, 3.05) is 13.1 Å². The SMILES string of the molecule is CC[C@@H](O)/C(C)=C\C[C@@H](C)/C=C1\CN2CCC[C@H]2[C@@](C)(O)C1. The van der Waals surface area contributed by atoms with Crippen molar-refractivity contribution in [1.29, 1.82) is 0 Å². The van der Waals surface area contributed by atoms with Gasteiger partial charge in [-0.25, -0.2) is 0 Å². The van der Waals surface area contributed by atoms with E-state index in [1.54, 1.807) is 0 Å². The van der Waals surface area contributed by atoms with Crippen LogP contribution in [0.15, 0.2) is 23.3 Å². The van der Waals surface area contributed by atoms with E-state index in [1.807, 2.05) is 20.8 Å². The van der Waals surface area contributed by atoms with Gasteiger partial charge < -0.3 is 10.2 Å². The van der Waals surface area contributed by atoms with Gasteiger partial charge in [-0.15, -0.1) is 0 Å². The van der Waals surface area contributed by atoms with Gasteiger partial charge in [-0.1, -0.05) is 31.6 Å². The number of hydrogen-bond donors (Lipinski definition) is 2. The summed E-state index contributed by atoms with van der Waals surface area (Å²) in [5.74, 6) is 0.448. The lowest BCUT2D eigenvalue weighted by Crippen LogP contribution is -2.52. The van der Waals surface area contributed by atoms with E-state index in [-0.39, 0.29) is 6.10 Å².